The quantitative estimate of drug-likeness (QED) is 0.770. The van der Waals surface area contributed by atoms with E-state index in [0.717, 1.165) is 23.9 Å². The lowest BCUT2D eigenvalue weighted by atomic mass is 9.76. The maximum Gasteiger partial charge on any atom is 0.267 e. The Labute approximate surface area is 158 Å². The SMILES string of the molecule is CC1CCC(O)(c2nn3ccccc3c2-c2ccc(=O)n(C(C)C)n2)CC1. The fraction of sp³-hybridized carbons (Fsp3) is 0.476. The summed E-state index contributed by atoms with van der Waals surface area (Å²) in [6, 6.07) is 9.10. The first-order chi connectivity index (χ1) is 12.9. The standard InChI is InChI=1S/C21H26N4O2/c1-14(2)25-18(26)8-7-16(22-25)19-17-6-4-5-13-24(17)23-20(19)21(27)11-9-15(3)10-12-21/h4-8,13-15,27H,9-12H2,1-3H3. The molecule has 3 heterocycles. The van der Waals surface area contributed by atoms with Crippen LogP contribution in [0.2, 0.25) is 0 Å². The monoisotopic (exact) mass is 366 g/mol. The summed E-state index contributed by atoms with van der Waals surface area (Å²) in [6.45, 7) is 6.10. The number of pyridine rings is 1. The number of nitrogens with zero attached hydrogens (tertiary/aromatic N) is 4. The van der Waals surface area contributed by atoms with Crippen molar-refractivity contribution in [3.05, 3.63) is 52.6 Å². The van der Waals surface area contributed by atoms with Crippen LogP contribution in [0.4, 0.5) is 0 Å². The van der Waals surface area contributed by atoms with E-state index in [9.17, 15) is 9.90 Å². The van der Waals surface area contributed by atoms with Crippen LogP contribution in [-0.2, 0) is 5.60 Å². The minimum Gasteiger partial charge on any atom is -0.383 e. The van der Waals surface area contributed by atoms with Crippen molar-refractivity contribution in [3.63, 3.8) is 0 Å². The molecule has 3 aromatic rings. The van der Waals surface area contributed by atoms with Crippen LogP contribution in [-0.4, -0.2) is 24.5 Å². The van der Waals surface area contributed by atoms with Crippen molar-refractivity contribution in [1.29, 1.82) is 0 Å². The molecule has 0 aromatic carbocycles. The van der Waals surface area contributed by atoms with E-state index in [1.54, 1.807) is 16.6 Å². The third-order valence-electron chi connectivity index (χ3n) is 5.65. The topological polar surface area (TPSA) is 72.4 Å². The van der Waals surface area contributed by atoms with Gasteiger partial charge in [0.2, 0.25) is 0 Å². The van der Waals surface area contributed by atoms with E-state index in [0.29, 0.717) is 30.1 Å². The fourth-order valence-electron chi connectivity index (χ4n) is 3.98. The van der Waals surface area contributed by atoms with E-state index in [1.165, 1.54) is 4.68 Å². The second-order valence-electron chi connectivity index (χ2n) is 8.06. The van der Waals surface area contributed by atoms with Gasteiger partial charge < -0.3 is 5.11 Å². The molecular weight excluding hydrogens is 340 g/mol. The zero-order valence-corrected chi connectivity index (χ0v) is 16.1. The van der Waals surface area contributed by atoms with Crippen molar-refractivity contribution in [2.75, 3.05) is 0 Å². The molecule has 27 heavy (non-hydrogen) atoms. The highest BCUT2D eigenvalue weighted by Crippen LogP contribution is 2.43. The van der Waals surface area contributed by atoms with Crippen molar-refractivity contribution in [1.82, 2.24) is 19.4 Å². The smallest absolute Gasteiger partial charge is 0.267 e. The summed E-state index contributed by atoms with van der Waals surface area (Å²) in [5, 5.41) is 20.8. The van der Waals surface area contributed by atoms with Crippen LogP contribution in [0.5, 0.6) is 0 Å². The number of rotatable bonds is 3. The summed E-state index contributed by atoms with van der Waals surface area (Å²) in [5.41, 5.74) is 1.96. The molecule has 142 valence electrons. The van der Waals surface area contributed by atoms with Crippen molar-refractivity contribution in [3.8, 4) is 11.3 Å². The Morgan fingerprint density at radius 1 is 1.15 bits per heavy atom. The average Bonchev–Trinajstić information content (AvgIpc) is 3.05. The van der Waals surface area contributed by atoms with Crippen molar-refractivity contribution >= 4 is 5.52 Å². The van der Waals surface area contributed by atoms with Gasteiger partial charge in [-0.05, 0) is 63.6 Å². The van der Waals surface area contributed by atoms with Gasteiger partial charge in [-0.25, -0.2) is 9.20 Å². The van der Waals surface area contributed by atoms with Crippen LogP contribution >= 0.6 is 0 Å². The summed E-state index contributed by atoms with van der Waals surface area (Å²) in [5.74, 6) is 0.617. The minimum atomic E-state index is -0.964. The summed E-state index contributed by atoms with van der Waals surface area (Å²) in [6.07, 6.45) is 5.21. The van der Waals surface area contributed by atoms with Gasteiger partial charge in [0.05, 0.1) is 22.8 Å². The highest BCUT2D eigenvalue weighted by atomic mass is 16.3. The van der Waals surface area contributed by atoms with E-state index in [-0.39, 0.29) is 11.6 Å². The van der Waals surface area contributed by atoms with Gasteiger partial charge >= 0.3 is 0 Å². The van der Waals surface area contributed by atoms with Gasteiger partial charge in [-0.2, -0.15) is 10.2 Å². The molecule has 1 saturated carbocycles. The normalized spacial score (nSPS) is 23.2. The van der Waals surface area contributed by atoms with Crippen LogP contribution in [0.15, 0.2) is 41.3 Å². The zero-order valence-electron chi connectivity index (χ0n) is 16.1. The third-order valence-corrected chi connectivity index (χ3v) is 5.65. The summed E-state index contributed by atoms with van der Waals surface area (Å²) in [7, 11) is 0. The Morgan fingerprint density at radius 2 is 1.89 bits per heavy atom. The third kappa shape index (κ3) is 3.08. The van der Waals surface area contributed by atoms with Crippen LogP contribution in [0.1, 0.15) is 58.2 Å². The molecule has 3 aromatic heterocycles. The largest absolute Gasteiger partial charge is 0.383 e. The molecule has 0 spiro atoms. The first-order valence-corrected chi connectivity index (χ1v) is 9.69. The highest BCUT2D eigenvalue weighted by molar-refractivity contribution is 5.81. The zero-order chi connectivity index (χ0) is 19.2. The lowest BCUT2D eigenvalue weighted by molar-refractivity contribution is -0.0155. The number of hydrogen-bond donors (Lipinski definition) is 1. The van der Waals surface area contributed by atoms with Gasteiger partial charge in [0.15, 0.2) is 0 Å². The van der Waals surface area contributed by atoms with E-state index < -0.39 is 5.60 Å². The number of aromatic nitrogens is 4. The molecule has 1 fully saturated rings. The van der Waals surface area contributed by atoms with Crippen molar-refractivity contribution in [2.45, 2.75) is 58.1 Å². The molecule has 6 nitrogen and oxygen atoms in total. The van der Waals surface area contributed by atoms with E-state index in [4.69, 9.17) is 5.10 Å². The molecule has 0 amide bonds. The Hall–Kier alpha value is -2.47. The molecule has 0 aliphatic heterocycles. The van der Waals surface area contributed by atoms with E-state index in [1.807, 2.05) is 38.2 Å². The Balaban J connectivity index is 1.95. The Bertz CT molecular complexity index is 1030. The lowest BCUT2D eigenvalue weighted by Crippen LogP contribution is -2.32. The molecule has 4 rings (SSSR count). The molecule has 6 heteroatoms. The fourth-order valence-corrected chi connectivity index (χ4v) is 3.98. The summed E-state index contributed by atoms with van der Waals surface area (Å²) < 4.78 is 3.28. The molecule has 0 atom stereocenters. The van der Waals surface area contributed by atoms with Crippen molar-refractivity contribution in [2.24, 2.45) is 5.92 Å². The predicted octanol–water partition coefficient (Wildman–Crippen LogP) is 3.54. The minimum absolute atomic E-state index is 0.0404. The summed E-state index contributed by atoms with van der Waals surface area (Å²) in [4.78, 5) is 12.2. The number of hydrogen-bond acceptors (Lipinski definition) is 4. The lowest BCUT2D eigenvalue weighted by Gasteiger charge is -2.34. The van der Waals surface area contributed by atoms with E-state index in [2.05, 4.69) is 12.0 Å². The van der Waals surface area contributed by atoms with Gasteiger partial charge in [0.1, 0.15) is 11.3 Å². The molecule has 0 unspecified atom stereocenters. The van der Waals surface area contributed by atoms with E-state index >= 15 is 0 Å². The average molecular weight is 366 g/mol. The van der Waals surface area contributed by atoms with Gasteiger partial charge in [0.25, 0.3) is 5.56 Å². The molecular formula is C21H26N4O2. The van der Waals surface area contributed by atoms with Crippen LogP contribution in [0, 0.1) is 5.92 Å². The predicted molar refractivity (Wildman–Crippen MR) is 105 cm³/mol. The number of fused-ring (bicyclic) bond motifs is 1. The van der Waals surface area contributed by atoms with Crippen LogP contribution < -0.4 is 5.56 Å². The molecule has 0 radical (unpaired) electrons. The maximum atomic E-state index is 12.2. The molecule has 0 saturated heterocycles. The second-order valence-corrected chi connectivity index (χ2v) is 8.06. The first kappa shape index (κ1) is 17.9. The van der Waals surface area contributed by atoms with Gasteiger partial charge in [-0.1, -0.05) is 13.0 Å². The number of aliphatic hydroxyl groups is 1. The van der Waals surface area contributed by atoms with Crippen LogP contribution in [0.25, 0.3) is 16.8 Å². The highest BCUT2D eigenvalue weighted by Gasteiger charge is 2.39. The second kappa shape index (κ2) is 6.60. The molecule has 0 bridgehead atoms. The van der Waals surface area contributed by atoms with Crippen molar-refractivity contribution < 1.29 is 5.11 Å². The van der Waals surface area contributed by atoms with Gasteiger partial charge in [-0.15, -0.1) is 0 Å². The first-order valence-electron chi connectivity index (χ1n) is 9.69. The maximum absolute atomic E-state index is 12.2. The molecule has 1 N–H and O–H groups in total. The molecule has 1 aliphatic rings. The summed E-state index contributed by atoms with van der Waals surface area (Å²) >= 11 is 0. The Morgan fingerprint density at radius 3 is 2.59 bits per heavy atom. The van der Waals surface area contributed by atoms with Gasteiger partial charge in [0, 0.05) is 12.3 Å². The Kier molecular flexibility index (Phi) is 4.38. The molecule has 1 aliphatic carbocycles. The van der Waals surface area contributed by atoms with Gasteiger partial charge in [-0.3, -0.25) is 4.79 Å². The van der Waals surface area contributed by atoms with Crippen LogP contribution in [0.3, 0.4) is 0 Å².